The molecule has 0 saturated carbocycles. The van der Waals surface area contributed by atoms with Gasteiger partial charge in [0.15, 0.2) is 0 Å². The molecule has 1 aliphatic carbocycles. The van der Waals surface area contributed by atoms with Crippen LogP contribution in [0.25, 0.3) is 27.1 Å². The highest BCUT2D eigenvalue weighted by atomic mass is 14.3. The van der Waals surface area contributed by atoms with Gasteiger partial charge in [-0.25, -0.2) is 0 Å². The molecule has 4 rings (SSSR count). The van der Waals surface area contributed by atoms with E-state index in [0.717, 1.165) is 6.42 Å². The van der Waals surface area contributed by atoms with Gasteiger partial charge in [0.25, 0.3) is 0 Å². The van der Waals surface area contributed by atoms with E-state index in [4.69, 9.17) is 0 Å². The molecule has 1 atom stereocenters. The molecule has 0 fully saturated rings. The van der Waals surface area contributed by atoms with Crippen LogP contribution in [0.2, 0.25) is 0 Å². The van der Waals surface area contributed by atoms with Crippen LogP contribution >= 0.6 is 0 Å². The molecule has 3 aromatic carbocycles. The summed E-state index contributed by atoms with van der Waals surface area (Å²) in [7, 11) is 0. The van der Waals surface area contributed by atoms with Crippen LogP contribution in [0.1, 0.15) is 32.8 Å². The Morgan fingerprint density at radius 1 is 0.833 bits per heavy atom. The number of hydrogen-bond acceptors (Lipinski definition) is 0. The summed E-state index contributed by atoms with van der Waals surface area (Å²) in [5.74, 6) is 0.539. The van der Waals surface area contributed by atoms with Crippen LogP contribution < -0.4 is 0 Å². The van der Waals surface area contributed by atoms with E-state index in [9.17, 15) is 0 Å². The van der Waals surface area contributed by atoms with E-state index >= 15 is 0 Å². The first-order valence-electron chi connectivity index (χ1n) is 8.83. The highest BCUT2D eigenvalue weighted by molar-refractivity contribution is 6.09. The van der Waals surface area contributed by atoms with Crippen LogP contribution in [0.15, 0.2) is 72.8 Å². The minimum atomic E-state index is 0.245. The first-order chi connectivity index (χ1) is 11.6. The number of hydrogen-bond donors (Lipinski definition) is 0. The fourth-order valence-electron chi connectivity index (χ4n) is 4.03. The first-order valence-corrected chi connectivity index (χ1v) is 8.83. The van der Waals surface area contributed by atoms with Crippen molar-refractivity contribution in [3.63, 3.8) is 0 Å². The lowest BCUT2D eigenvalue weighted by Crippen LogP contribution is -2.22. The third-order valence-corrected chi connectivity index (χ3v) is 5.26. The van der Waals surface area contributed by atoms with E-state index in [1.807, 2.05) is 0 Å². The summed E-state index contributed by atoms with van der Waals surface area (Å²) in [5, 5.41) is 5.39. The van der Waals surface area contributed by atoms with Crippen molar-refractivity contribution in [1.29, 1.82) is 0 Å². The van der Waals surface area contributed by atoms with Gasteiger partial charge in [-0.15, -0.1) is 0 Å². The lowest BCUT2D eigenvalue weighted by Gasteiger charge is -2.35. The zero-order valence-electron chi connectivity index (χ0n) is 14.7. The third kappa shape index (κ3) is 2.47. The average molecular weight is 312 g/mol. The van der Waals surface area contributed by atoms with Crippen molar-refractivity contribution in [3.05, 3.63) is 78.4 Å². The number of rotatable bonds is 1. The maximum Gasteiger partial charge on any atom is -0.00641 e. The van der Waals surface area contributed by atoms with Crippen LogP contribution in [-0.2, 0) is 0 Å². The van der Waals surface area contributed by atoms with Crippen molar-refractivity contribution in [3.8, 4) is 0 Å². The highest BCUT2D eigenvalue weighted by Gasteiger charge is 2.30. The summed E-state index contributed by atoms with van der Waals surface area (Å²) < 4.78 is 0. The Hall–Kier alpha value is -2.34. The maximum atomic E-state index is 2.36. The van der Waals surface area contributed by atoms with Gasteiger partial charge in [0.2, 0.25) is 0 Å². The van der Waals surface area contributed by atoms with Gasteiger partial charge in [-0.3, -0.25) is 0 Å². The second-order valence-corrected chi connectivity index (χ2v) is 7.90. The summed E-state index contributed by atoms with van der Waals surface area (Å²) in [6.07, 6.45) is 8.00. The fourth-order valence-corrected chi connectivity index (χ4v) is 4.03. The van der Waals surface area contributed by atoms with Gasteiger partial charge >= 0.3 is 0 Å². The predicted molar refractivity (Wildman–Crippen MR) is 106 cm³/mol. The van der Waals surface area contributed by atoms with Crippen LogP contribution in [0, 0.1) is 11.3 Å². The summed E-state index contributed by atoms with van der Waals surface area (Å²) in [5.41, 5.74) is 3.15. The largest absolute Gasteiger partial charge is 0.0839 e. The van der Waals surface area contributed by atoms with E-state index in [0.29, 0.717) is 5.92 Å². The fraction of sp³-hybridized carbons (Fsp3) is 0.250. The minimum Gasteiger partial charge on any atom is -0.0839 e. The molecule has 0 radical (unpaired) electrons. The quantitative estimate of drug-likeness (QED) is 0.424. The predicted octanol–water partition coefficient (Wildman–Crippen LogP) is 7.00. The van der Waals surface area contributed by atoms with Gasteiger partial charge in [0.05, 0.1) is 0 Å². The Balaban J connectivity index is 2.10. The molecule has 0 aliphatic heterocycles. The van der Waals surface area contributed by atoms with Crippen LogP contribution in [-0.4, -0.2) is 0 Å². The molecule has 0 bridgehead atoms. The Bertz CT molecular complexity index is 910. The zero-order valence-corrected chi connectivity index (χ0v) is 14.7. The highest BCUT2D eigenvalue weighted by Crippen LogP contribution is 2.45. The molecule has 3 aromatic rings. The van der Waals surface area contributed by atoms with E-state index in [1.54, 1.807) is 0 Å². The summed E-state index contributed by atoms with van der Waals surface area (Å²) in [6, 6.07) is 19.9. The Labute approximate surface area is 144 Å². The molecule has 0 heteroatoms. The van der Waals surface area contributed by atoms with Gasteiger partial charge in [0, 0.05) is 0 Å². The lowest BCUT2D eigenvalue weighted by atomic mass is 9.70. The topological polar surface area (TPSA) is 0 Å². The Kier molecular flexibility index (Phi) is 3.57. The van der Waals surface area contributed by atoms with E-state index < -0.39 is 0 Å². The zero-order chi connectivity index (χ0) is 16.7. The van der Waals surface area contributed by atoms with Gasteiger partial charge in [-0.05, 0) is 56.5 Å². The van der Waals surface area contributed by atoms with Crippen molar-refractivity contribution < 1.29 is 0 Å². The van der Waals surface area contributed by atoms with Crippen molar-refractivity contribution in [2.24, 2.45) is 11.3 Å². The van der Waals surface area contributed by atoms with Crippen LogP contribution in [0.5, 0.6) is 0 Å². The second kappa shape index (κ2) is 5.63. The molecule has 0 nitrogen and oxygen atoms in total. The van der Waals surface area contributed by atoms with Crippen molar-refractivity contribution in [1.82, 2.24) is 0 Å². The van der Waals surface area contributed by atoms with Gasteiger partial charge in [-0.1, -0.05) is 87.5 Å². The van der Waals surface area contributed by atoms with Crippen molar-refractivity contribution in [2.75, 3.05) is 0 Å². The van der Waals surface area contributed by atoms with E-state index in [2.05, 4.69) is 93.6 Å². The molecule has 1 unspecified atom stereocenters. The minimum absolute atomic E-state index is 0.245. The number of benzene rings is 3. The SMILES string of the molecule is CC(C)(C)C1CC=CC=C1c1c2ccccc2cc2ccccc12. The first kappa shape index (κ1) is 15.2. The molecule has 0 N–H and O–H groups in total. The van der Waals surface area contributed by atoms with Gasteiger partial charge in [0.1, 0.15) is 0 Å². The molecule has 0 saturated heterocycles. The van der Waals surface area contributed by atoms with Gasteiger partial charge < -0.3 is 0 Å². The molecule has 1 aliphatic rings. The standard InChI is InChI=1S/C24H24/c1-24(2,3)22-15-9-8-14-21(22)23-19-12-6-4-10-17(19)16-18-11-5-7-13-20(18)23/h4-14,16,22H,15H2,1-3H3. The van der Waals surface area contributed by atoms with Crippen molar-refractivity contribution in [2.45, 2.75) is 27.2 Å². The average Bonchev–Trinajstić information content (AvgIpc) is 2.59. The summed E-state index contributed by atoms with van der Waals surface area (Å²) in [6.45, 7) is 7.08. The van der Waals surface area contributed by atoms with Crippen LogP contribution in [0.4, 0.5) is 0 Å². The smallest absolute Gasteiger partial charge is 0.00641 e. The Morgan fingerprint density at radius 3 is 2.00 bits per heavy atom. The Morgan fingerprint density at radius 2 is 1.42 bits per heavy atom. The summed E-state index contributed by atoms with van der Waals surface area (Å²) >= 11 is 0. The molecule has 0 spiro atoms. The molecule has 0 heterocycles. The van der Waals surface area contributed by atoms with E-state index in [-0.39, 0.29) is 5.41 Å². The molecule has 0 aromatic heterocycles. The monoisotopic (exact) mass is 312 g/mol. The van der Waals surface area contributed by atoms with Crippen LogP contribution in [0.3, 0.4) is 0 Å². The molecular formula is C24H24. The number of fused-ring (bicyclic) bond motifs is 2. The lowest BCUT2D eigenvalue weighted by molar-refractivity contribution is 0.304. The molecular weight excluding hydrogens is 288 g/mol. The van der Waals surface area contributed by atoms with E-state index in [1.165, 1.54) is 32.7 Å². The normalized spacial score (nSPS) is 18.1. The molecule has 24 heavy (non-hydrogen) atoms. The maximum absolute atomic E-state index is 2.36. The summed E-state index contributed by atoms with van der Waals surface area (Å²) in [4.78, 5) is 0. The number of allylic oxidation sites excluding steroid dienone is 4. The van der Waals surface area contributed by atoms with Crippen molar-refractivity contribution >= 4 is 27.1 Å². The molecule has 120 valence electrons. The third-order valence-electron chi connectivity index (χ3n) is 5.26. The second-order valence-electron chi connectivity index (χ2n) is 7.90. The molecule has 0 amide bonds. The van der Waals surface area contributed by atoms with Gasteiger partial charge in [-0.2, -0.15) is 0 Å².